The van der Waals surface area contributed by atoms with Crippen molar-refractivity contribution < 1.29 is 29.6 Å². The molecule has 132 valence electrons. The number of carboxylic acid groups (broad SMARTS) is 1. The fourth-order valence-corrected chi connectivity index (χ4v) is 3.12. The molecular formula is C18H19NO6. The molecule has 0 saturated heterocycles. The van der Waals surface area contributed by atoms with Crippen LogP contribution < -0.4 is 14.8 Å². The first-order valence-electron chi connectivity index (χ1n) is 7.70. The minimum Gasteiger partial charge on any atom is -0.504 e. The van der Waals surface area contributed by atoms with Crippen molar-refractivity contribution in [2.24, 2.45) is 0 Å². The maximum absolute atomic E-state index is 11.5. The number of methoxy groups -OCH3 is 2. The van der Waals surface area contributed by atoms with Crippen molar-refractivity contribution in [1.82, 2.24) is 5.32 Å². The monoisotopic (exact) mass is 345 g/mol. The van der Waals surface area contributed by atoms with E-state index in [1.165, 1.54) is 26.4 Å². The Bertz CT molecular complexity index is 819. The number of nitrogens with one attached hydrogen (secondary N) is 1. The molecule has 0 aliphatic carbocycles. The first-order chi connectivity index (χ1) is 11.9. The largest absolute Gasteiger partial charge is 0.504 e. The summed E-state index contributed by atoms with van der Waals surface area (Å²) < 4.78 is 10.5. The fourth-order valence-electron chi connectivity index (χ4n) is 3.12. The summed E-state index contributed by atoms with van der Waals surface area (Å²) >= 11 is 0. The molecule has 2 aromatic carbocycles. The lowest BCUT2D eigenvalue weighted by atomic mass is 9.86. The third-order valence-corrected chi connectivity index (χ3v) is 4.38. The summed E-state index contributed by atoms with van der Waals surface area (Å²) in [6.07, 6.45) is 0.211. The highest BCUT2D eigenvalue weighted by Crippen LogP contribution is 2.39. The Balaban J connectivity index is 2.11. The van der Waals surface area contributed by atoms with Gasteiger partial charge in [-0.2, -0.15) is 0 Å². The van der Waals surface area contributed by atoms with Crippen LogP contribution in [0, 0.1) is 0 Å². The maximum atomic E-state index is 11.5. The predicted octanol–water partition coefficient (Wildman–Crippen LogP) is 1.80. The number of carboxylic acids is 1. The van der Waals surface area contributed by atoms with Crippen molar-refractivity contribution in [3.05, 3.63) is 47.0 Å². The van der Waals surface area contributed by atoms with E-state index < -0.39 is 18.1 Å². The molecule has 0 amide bonds. The molecule has 1 heterocycles. The highest BCUT2D eigenvalue weighted by Gasteiger charge is 2.32. The third kappa shape index (κ3) is 3.06. The summed E-state index contributed by atoms with van der Waals surface area (Å²) in [5.74, 6) is -0.422. The molecule has 2 unspecified atom stereocenters. The summed E-state index contributed by atoms with van der Waals surface area (Å²) in [5, 5.41) is 32.1. The topological polar surface area (TPSA) is 108 Å². The van der Waals surface area contributed by atoms with E-state index >= 15 is 0 Å². The van der Waals surface area contributed by atoms with E-state index in [9.17, 15) is 20.1 Å². The van der Waals surface area contributed by atoms with Gasteiger partial charge in [-0.25, -0.2) is 0 Å². The van der Waals surface area contributed by atoms with Gasteiger partial charge in [-0.1, -0.05) is 6.07 Å². The van der Waals surface area contributed by atoms with Crippen LogP contribution in [0.4, 0.5) is 0 Å². The standard InChI is InChI=1S/C18H19NO6/c1-24-15-4-3-9(7-16(15)25-2)17-11-8-14(21)13(20)6-10(11)5-12(19-17)18(22)23/h3-4,6-8,12,17,19-21H,5H2,1-2H3,(H,22,23). The number of hydrogen-bond acceptors (Lipinski definition) is 6. The van der Waals surface area contributed by atoms with Gasteiger partial charge in [0.15, 0.2) is 23.0 Å². The number of rotatable bonds is 4. The SMILES string of the molecule is COc1ccc(C2NC(C(=O)O)Cc3cc(O)c(O)cc32)cc1OC. The van der Waals surface area contributed by atoms with Gasteiger partial charge in [0.2, 0.25) is 0 Å². The van der Waals surface area contributed by atoms with Crippen LogP contribution in [0.25, 0.3) is 0 Å². The lowest BCUT2D eigenvalue weighted by Gasteiger charge is -2.32. The number of hydrogen-bond donors (Lipinski definition) is 4. The van der Waals surface area contributed by atoms with Crippen LogP contribution in [0.15, 0.2) is 30.3 Å². The molecule has 2 atom stereocenters. The number of aliphatic carboxylic acids is 1. The third-order valence-electron chi connectivity index (χ3n) is 4.38. The Kier molecular flexibility index (Phi) is 4.41. The molecule has 1 aliphatic rings. The number of aromatic hydroxyl groups is 2. The first-order valence-corrected chi connectivity index (χ1v) is 7.70. The highest BCUT2D eigenvalue weighted by atomic mass is 16.5. The molecule has 7 nitrogen and oxygen atoms in total. The van der Waals surface area contributed by atoms with E-state index in [-0.39, 0.29) is 17.9 Å². The Hall–Kier alpha value is -2.93. The number of phenols is 2. The van der Waals surface area contributed by atoms with Crippen molar-refractivity contribution >= 4 is 5.97 Å². The molecule has 7 heteroatoms. The average molecular weight is 345 g/mol. The van der Waals surface area contributed by atoms with Crippen LogP contribution in [0.5, 0.6) is 23.0 Å². The van der Waals surface area contributed by atoms with Crippen LogP contribution in [0.2, 0.25) is 0 Å². The van der Waals surface area contributed by atoms with Gasteiger partial charge in [0.25, 0.3) is 0 Å². The summed E-state index contributed by atoms with van der Waals surface area (Å²) in [7, 11) is 3.06. The number of carbonyl (C=O) groups is 1. The van der Waals surface area contributed by atoms with Crippen LogP contribution in [0.1, 0.15) is 22.7 Å². The van der Waals surface area contributed by atoms with E-state index in [0.717, 1.165) is 5.56 Å². The van der Waals surface area contributed by atoms with Crippen LogP contribution in [-0.4, -0.2) is 41.6 Å². The van der Waals surface area contributed by atoms with Crippen molar-refractivity contribution in [1.29, 1.82) is 0 Å². The lowest BCUT2D eigenvalue weighted by molar-refractivity contribution is -0.139. The van der Waals surface area contributed by atoms with Gasteiger partial charge in [-0.3, -0.25) is 10.1 Å². The fraction of sp³-hybridized carbons (Fsp3) is 0.278. The van der Waals surface area contributed by atoms with Gasteiger partial charge in [0.05, 0.1) is 20.3 Å². The Morgan fingerprint density at radius 1 is 1.08 bits per heavy atom. The zero-order valence-corrected chi connectivity index (χ0v) is 13.8. The van der Waals surface area contributed by atoms with Gasteiger partial charge in [0.1, 0.15) is 6.04 Å². The predicted molar refractivity (Wildman–Crippen MR) is 89.4 cm³/mol. The van der Waals surface area contributed by atoms with Gasteiger partial charge < -0.3 is 24.8 Å². The second-order valence-corrected chi connectivity index (χ2v) is 5.85. The average Bonchev–Trinajstić information content (AvgIpc) is 2.61. The van der Waals surface area contributed by atoms with E-state index in [2.05, 4.69) is 5.32 Å². The molecule has 0 bridgehead atoms. The van der Waals surface area contributed by atoms with Crippen LogP contribution in [-0.2, 0) is 11.2 Å². The van der Waals surface area contributed by atoms with Gasteiger partial charge in [-0.15, -0.1) is 0 Å². The van der Waals surface area contributed by atoms with E-state index in [4.69, 9.17) is 9.47 Å². The minimum absolute atomic E-state index is 0.211. The molecule has 2 aromatic rings. The molecule has 0 spiro atoms. The van der Waals surface area contributed by atoms with Gasteiger partial charge in [0, 0.05) is 0 Å². The summed E-state index contributed by atoms with van der Waals surface area (Å²) in [6, 6.07) is 6.88. The van der Waals surface area contributed by atoms with E-state index in [1.807, 2.05) is 0 Å². The van der Waals surface area contributed by atoms with Gasteiger partial charge >= 0.3 is 5.97 Å². The Labute approximate surface area is 144 Å². The molecule has 3 rings (SSSR count). The molecule has 25 heavy (non-hydrogen) atoms. The summed E-state index contributed by atoms with van der Waals surface area (Å²) in [6.45, 7) is 0. The smallest absolute Gasteiger partial charge is 0.321 e. The number of fused-ring (bicyclic) bond motifs is 1. The normalized spacial score (nSPS) is 19.1. The minimum atomic E-state index is -0.983. The molecule has 0 fully saturated rings. The number of phenolic OH excluding ortho intramolecular Hbond substituents is 2. The van der Waals surface area contributed by atoms with E-state index in [1.54, 1.807) is 18.2 Å². The molecule has 0 aromatic heterocycles. The van der Waals surface area contributed by atoms with E-state index in [0.29, 0.717) is 22.6 Å². The summed E-state index contributed by atoms with van der Waals surface area (Å²) in [4.78, 5) is 11.5. The molecule has 1 aliphatic heterocycles. The Morgan fingerprint density at radius 3 is 2.40 bits per heavy atom. The van der Waals surface area contributed by atoms with Crippen molar-refractivity contribution in [2.45, 2.75) is 18.5 Å². The zero-order chi connectivity index (χ0) is 18.1. The number of benzene rings is 2. The zero-order valence-electron chi connectivity index (χ0n) is 13.8. The quantitative estimate of drug-likeness (QED) is 0.626. The number of ether oxygens (including phenoxy) is 2. The van der Waals surface area contributed by atoms with Crippen LogP contribution in [0.3, 0.4) is 0 Å². The second kappa shape index (κ2) is 6.52. The van der Waals surface area contributed by atoms with Crippen LogP contribution >= 0.6 is 0 Å². The molecule has 0 saturated carbocycles. The lowest BCUT2D eigenvalue weighted by Crippen LogP contribution is -2.45. The van der Waals surface area contributed by atoms with Crippen molar-refractivity contribution in [3.8, 4) is 23.0 Å². The highest BCUT2D eigenvalue weighted by molar-refractivity contribution is 5.75. The Morgan fingerprint density at radius 2 is 1.76 bits per heavy atom. The summed E-state index contributed by atoms with van der Waals surface area (Å²) in [5.41, 5.74) is 2.14. The maximum Gasteiger partial charge on any atom is 0.321 e. The first kappa shape index (κ1) is 16.9. The molecular weight excluding hydrogens is 326 g/mol. The van der Waals surface area contributed by atoms with Crippen molar-refractivity contribution in [2.75, 3.05) is 14.2 Å². The molecule has 0 radical (unpaired) electrons. The van der Waals surface area contributed by atoms with Gasteiger partial charge in [-0.05, 0) is 47.4 Å². The van der Waals surface area contributed by atoms with Crippen molar-refractivity contribution in [3.63, 3.8) is 0 Å². The second-order valence-electron chi connectivity index (χ2n) is 5.85. The molecule has 4 N–H and O–H groups in total.